The molecule has 0 spiro atoms. The van der Waals surface area contributed by atoms with E-state index in [1.54, 1.807) is 16.9 Å². The number of amides is 2. The summed E-state index contributed by atoms with van der Waals surface area (Å²) in [6.45, 7) is 1.98. The molecule has 2 saturated heterocycles. The molecule has 2 amide bonds. The van der Waals surface area contributed by atoms with Gasteiger partial charge < -0.3 is 19.6 Å². The summed E-state index contributed by atoms with van der Waals surface area (Å²) in [6.07, 6.45) is 0. The second-order valence-corrected chi connectivity index (χ2v) is 7.65. The van der Waals surface area contributed by atoms with Crippen LogP contribution in [0, 0.1) is 11.8 Å². The molecule has 0 unspecified atom stereocenters. The van der Waals surface area contributed by atoms with Crippen molar-refractivity contribution in [3.05, 3.63) is 65.2 Å². The van der Waals surface area contributed by atoms with Crippen LogP contribution in [0.25, 0.3) is 0 Å². The number of benzene rings is 2. The van der Waals surface area contributed by atoms with Crippen LogP contribution in [-0.2, 0) is 9.59 Å². The fourth-order valence-electron chi connectivity index (χ4n) is 4.37. The Balaban J connectivity index is 1.53. The number of fused-ring (bicyclic) bond motifs is 1. The second-order valence-electron chi connectivity index (χ2n) is 7.65. The van der Waals surface area contributed by atoms with E-state index in [0.717, 1.165) is 22.4 Å². The topological polar surface area (TPSA) is 70.1 Å². The van der Waals surface area contributed by atoms with Crippen LogP contribution >= 0.6 is 0 Å². The van der Waals surface area contributed by atoms with Crippen molar-refractivity contribution in [2.75, 3.05) is 26.8 Å². The molecule has 2 aliphatic heterocycles. The Morgan fingerprint density at radius 3 is 2.57 bits per heavy atom. The molecule has 0 bridgehead atoms. The van der Waals surface area contributed by atoms with Gasteiger partial charge in [-0.3, -0.25) is 9.59 Å². The Morgan fingerprint density at radius 1 is 1.17 bits per heavy atom. The summed E-state index contributed by atoms with van der Waals surface area (Å²) in [7, 11) is 1.63. The summed E-state index contributed by atoms with van der Waals surface area (Å²) in [5, 5.41) is 9.85. The summed E-state index contributed by atoms with van der Waals surface area (Å²) in [5.74, 6) is 6.86. The molecule has 0 aromatic heterocycles. The van der Waals surface area contributed by atoms with Crippen molar-refractivity contribution >= 4 is 11.8 Å². The number of carbonyl (C=O) groups is 2. The maximum atomic E-state index is 12.4. The highest BCUT2D eigenvalue weighted by Gasteiger charge is 2.54. The highest BCUT2D eigenvalue weighted by atomic mass is 16.5. The zero-order chi connectivity index (χ0) is 21.3. The van der Waals surface area contributed by atoms with E-state index in [0.29, 0.717) is 6.54 Å². The summed E-state index contributed by atoms with van der Waals surface area (Å²) >= 11 is 0. The standard InChI is InChI=1S/C24H24N2O4/c1-16(28)25-13-21-24(22(15-27)26(21)23(29)14-25)19-10-8-17(9-11-19)6-7-18-4-3-5-20(12-18)30-2/h3-5,8-12,21-22,24,27H,13-15H2,1-2H3/t21-,22+,24-/m0/s1. The number of nitrogens with zero attached hydrogens (tertiary/aromatic N) is 2. The Kier molecular flexibility index (Phi) is 5.47. The Hall–Kier alpha value is -3.30. The lowest BCUT2D eigenvalue weighted by Gasteiger charge is -2.58. The minimum absolute atomic E-state index is 0.00138. The van der Waals surface area contributed by atoms with Gasteiger partial charge in [0.1, 0.15) is 5.75 Å². The van der Waals surface area contributed by atoms with Gasteiger partial charge >= 0.3 is 0 Å². The van der Waals surface area contributed by atoms with Crippen LogP contribution in [0.15, 0.2) is 48.5 Å². The van der Waals surface area contributed by atoms with Gasteiger partial charge in [0.05, 0.1) is 32.3 Å². The number of aliphatic hydroxyl groups is 1. The number of aliphatic hydroxyl groups excluding tert-OH is 1. The average molecular weight is 404 g/mol. The van der Waals surface area contributed by atoms with E-state index in [2.05, 4.69) is 11.8 Å². The van der Waals surface area contributed by atoms with Crippen LogP contribution in [0.2, 0.25) is 0 Å². The maximum Gasteiger partial charge on any atom is 0.242 e. The van der Waals surface area contributed by atoms with Gasteiger partial charge in [-0.1, -0.05) is 30.0 Å². The first-order valence-electron chi connectivity index (χ1n) is 9.95. The Morgan fingerprint density at radius 2 is 1.90 bits per heavy atom. The molecule has 2 aliphatic rings. The third kappa shape index (κ3) is 3.64. The van der Waals surface area contributed by atoms with E-state index >= 15 is 0 Å². The van der Waals surface area contributed by atoms with Crippen molar-refractivity contribution in [3.63, 3.8) is 0 Å². The van der Waals surface area contributed by atoms with Crippen LogP contribution in [0.5, 0.6) is 5.75 Å². The molecule has 154 valence electrons. The molecular formula is C24H24N2O4. The van der Waals surface area contributed by atoms with Crippen molar-refractivity contribution in [3.8, 4) is 17.6 Å². The zero-order valence-corrected chi connectivity index (χ0v) is 17.0. The predicted molar refractivity (Wildman–Crippen MR) is 112 cm³/mol. The number of hydrogen-bond donors (Lipinski definition) is 1. The average Bonchev–Trinajstić information content (AvgIpc) is 2.74. The number of hydrogen-bond acceptors (Lipinski definition) is 4. The largest absolute Gasteiger partial charge is 0.497 e. The molecule has 1 N–H and O–H groups in total. The van der Waals surface area contributed by atoms with Gasteiger partial charge in [-0.15, -0.1) is 0 Å². The van der Waals surface area contributed by atoms with Crippen molar-refractivity contribution in [1.29, 1.82) is 0 Å². The third-order valence-electron chi connectivity index (χ3n) is 5.91. The zero-order valence-electron chi connectivity index (χ0n) is 17.0. The first-order valence-corrected chi connectivity index (χ1v) is 9.95. The maximum absolute atomic E-state index is 12.4. The highest BCUT2D eigenvalue weighted by molar-refractivity contribution is 5.87. The molecule has 2 heterocycles. The number of carbonyl (C=O) groups excluding carboxylic acids is 2. The predicted octanol–water partition coefficient (Wildman–Crippen LogP) is 1.61. The van der Waals surface area contributed by atoms with Crippen molar-refractivity contribution in [2.45, 2.75) is 24.9 Å². The molecule has 0 radical (unpaired) electrons. The van der Waals surface area contributed by atoms with Crippen molar-refractivity contribution in [2.24, 2.45) is 0 Å². The molecule has 30 heavy (non-hydrogen) atoms. The van der Waals surface area contributed by atoms with E-state index < -0.39 is 0 Å². The van der Waals surface area contributed by atoms with Crippen LogP contribution in [0.3, 0.4) is 0 Å². The normalized spacial score (nSPS) is 22.5. The van der Waals surface area contributed by atoms with Crippen molar-refractivity contribution < 1.29 is 19.4 Å². The van der Waals surface area contributed by atoms with Crippen LogP contribution < -0.4 is 4.74 Å². The molecule has 0 aliphatic carbocycles. The van der Waals surface area contributed by atoms with Gasteiger partial charge in [0, 0.05) is 30.5 Å². The number of ether oxygens (including phenoxy) is 1. The van der Waals surface area contributed by atoms with Crippen LogP contribution in [0.4, 0.5) is 0 Å². The molecular weight excluding hydrogens is 380 g/mol. The van der Waals surface area contributed by atoms with Gasteiger partial charge in [0.25, 0.3) is 0 Å². The van der Waals surface area contributed by atoms with Gasteiger partial charge in [-0.05, 0) is 35.9 Å². The Labute approximate surface area is 176 Å². The number of methoxy groups -OCH3 is 1. The lowest BCUT2D eigenvalue weighted by atomic mass is 9.73. The monoisotopic (exact) mass is 404 g/mol. The quantitative estimate of drug-likeness (QED) is 0.790. The molecule has 2 aromatic carbocycles. The van der Waals surface area contributed by atoms with Crippen LogP contribution in [-0.4, -0.2) is 65.6 Å². The molecule has 2 fully saturated rings. The van der Waals surface area contributed by atoms with E-state index in [1.807, 2.05) is 48.5 Å². The van der Waals surface area contributed by atoms with E-state index in [9.17, 15) is 14.7 Å². The molecule has 6 heteroatoms. The first-order chi connectivity index (χ1) is 14.5. The lowest BCUT2D eigenvalue weighted by molar-refractivity contribution is -0.166. The summed E-state index contributed by atoms with van der Waals surface area (Å²) in [5.41, 5.74) is 2.79. The summed E-state index contributed by atoms with van der Waals surface area (Å²) in [4.78, 5) is 27.5. The first kappa shape index (κ1) is 20.0. The van der Waals surface area contributed by atoms with Gasteiger partial charge in [-0.25, -0.2) is 0 Å². The lowest BCUT2D eigenvalue weighted by Crippen LogP contribution is -2.73. The van der Waals surface area contributed by atoms with Gasteiger partial charge in [-0.2, -0.15) is 0 Å². The summed E-state index contributed by atoms with van der Waals surface area (Å²) in [6, 6.07) is 15.2. The molecule has 3 atom stereocenters. The van der Waals surface area contributed by atoms with E-state index in [-0.39, 0.29) is 43.0 Å². The minimum Gasteiger partial charge on any atom is -0.497 e. The Bertz CT molecular complexity index is 1020. The minimum atomic E-state index is -0.245. The smallest absolute Gasteiger partial charge is 0.242 e. The van der Waals surface area contributed by atoms with E-state index in [4.69, 9.17) is 4.74 Å². The molecule has 0 saturated carbocycles. The van der Waals surface area contributed by atoms with Gasteiger partial charge in [0.2, 0.25) is 11.8 Å². The fourth-order valence-corrected chi connectivity index (χ4v) is 4.37. The highest BCUT2D eigenvalue weighted by Crippen LogP contribution is 2.42. The van der Waals surface area contributed by atoms with Gasteiger partial charge in [0.15, 0.2) is 0 Å². The second kappa shape index (κ2) is 8.21. The molecule has 6 nitrogen and oxygen atoms in total. The van der Waals surface area contributed by atoms with Crippen molar-refractivity contribution in [1.82, 2.24) is 9.80 Å². The third-order valence-corrected chi connectivity index (χ3v) is 5.91. The molecule has 2 aromatic rings. The van der Waals surface area contributed by atoms with Crippen LogP contribution in [0.1, 0.15) is 29.5 Å². The SMILES string of the molecule is COc1cccc(C#Cc2ccc([C@@H]3[C@@H](CO)N4C(=O)CN(C(C)=O)C[C@@H]34)cc2)c1. The summed E-state index contributed by atoms with van der Waals surface area (Å²) < 4.78 is 5.22. The number of rotatable bonds is 3. The fraction of sp³-hybridized carbons (Fsp3) is 0.333. The molecule has 4 rings (SSSR count). The number of piperazine rings is 1. The van der Waals surface area contributed by atoms with E-state index in [1.165, 1.54) is 6.92 Å².